The van der Waals surface area contributed by atoms with Crippen molar-refractivity contribution in [2.24, 2.45) is 0 Å². The van der Waals surface area contributed by atoms with Crippen LogP contribution in [0.3, 0.4) is 0 Å². The zero-order valence-electron chi connectivity index (χ0n) is 10.0. The molecule has 92 valence electrons. The van der Waals surface area contributed by atoms with E-state index in [-0.39, 0.29) is 18.8 Å². The summed E-state index contributed by atoms with van der Waals surface area (Å²) in [4.78, 5) is 21.6. The van der Waals surface area contributed by atoms with Gasteiger partial charge in [-0.3, -0.25) is 9.59 Å². The van der Waals surface area contributed by atoms with Gasteiger partial charge in [-0.15, -0.1) is 0 Å². The number of hydrogen-bond donors (Lipinski definition) is 1. The first-order valence-electron chi connectivity index (χ1n) is 5.40. The second kappa shape index (κ2) is 6.03. The maximum absolute atomic E-state index is 11.1. The molecule has 0 radical (unpaired) electrons. The first-order chi connectivity index (χ1) is 8.02. The number of aryl methyl sites for hydroxylation is 2. The molecule has 0 aliphatic rings. The van der Waals surface area contributed by atoms with Crippen molar-refractivity contribution < 1.29 is 19.4 Å². The maximum atomic E-state index is 11.1. The van der Waals surface area contributed by atoms with Crippen LogP contribution in [-0.2, 0) is 27.2 Å². The minimum absolute atomic E-state index is 0.122. The fourth-order valence-corrected chi connectivity index (χ4v) is 1.63. The predicted molar refractivity (Wildman–Crippen MR) is 62.9 cm³/mol. The van der Waals surface area contributed by atoms with Gasteiger partial charge in [0.15, 0.2) is 0 Å². The van der Waals surface area contributed by atoms with Crippen molar-refractivity contribution in [1.29, 1.82) is 0 Å². The molecule has 17 heavy (non-hydrogen) atoms. The molecule has 0 saturated carbocycles. The van der Waals surface area contributed by atoms with Crippen molar-refractivity contribution in [3.8, 4) is 0 Å². The van der Waals surface area contributed by atoms with Crippen LogP contribution in [-0.4, -0.2) is 24.2 Å². The molecule has 4 heteroatoms. The van der Waals surface area contributed by atoms with Crippen LogP contribution >= 0.6 is 0 Å². The summed E-state index contributed by atoms with van der Waals surface area (Å²) < 4.78 is 4.59. The van der Waals surface area contributed by atoms with Crippen LogP contribution in [0.2, 0.25) is 0 Å². The van der Waals surface area contributed by atoms with Crippen LogP contribution < -0.4 is 0 Å². The summed E-state index contributed by atoms with van der Waals surface area (Å²) in [7, 11) is 1.36. The van der Waals surface area contributed by atoms with E-state index in [4.69, 9.17) is 5.11 Å². The first-order valence-corrected chi connectivity index (χ1v) is 5.40. The van der Waals surface area contributed by atoms with Crippen molar-refractivity contribution >= 4 is 11.9 Å². The molecule has 4 nitrogen and oxygen atoms in total. The number of rotatable bonds is 5. The van der Waals surface area contributed by atoms with Gasteiger partial charge in [-0.2, -0.15) is 0 Å². The summed E-state index contributed by atoms with van der Waals surface area (Å²) in [5.74, 6) is -1.08. The van der Waals surface area contributed by atoms with Gasteiger partial charge in [0.25, 0.3) is 0 Å². The van der Waals surface area contributed by atoms with E-state index in [1.165, 1.54) is 7.11 Å². The lowest BCUT2D eigenvalue weighted by Gasteiger charge is -2.07. The van der Waals surface area contributed by atoms with E-state index in [1.54, 1.807) is 0 Å². The third-order valence-electron chi connectivity index (χ3n) is 2.59. The molecule has 1 aromatic carbocycles. The Morgan fingerprint density at radius 1 is 1.35 bits per heavy atom. The number of methoxy groups -OCH3 is 1. The molecule has 0 bridgehead atoms. The largest absolute Gasteiger partial charge is 0.481 e. The molecule has 0 aliphatic carbocycles. The Kier molecular flexibility index (Phi) is 4.69. The average Bonchev–Trinajstić information content (AvgIpc) is 2.27. The molecule has 1 aromatic rings. The van der Waals surface area contributed by atoms with E-state index >= 15 is 0 Å². The Morgan fingerprint density at radius 3 is 2.59 bits per heavy atom. The molecular formula is C13H16O4. The standard InChI is InChI=1S/C13H16O4/c1-9-7-10(8-13(16)17-2)3-4-11(9)5-6-12(14)15/h3-4,7H,5-6,8H2,1-2H3,(H,14,15). The van der Waals surface area contributed by atoms with E-state index in [0.29, 0.717) is 6.42 Å². The van der Waals surface area contributed by atoms with Gasteiger partial charge in [0.1, 0.15) is 0 Å². The van der Waals surface area contributed by atoms with E-state index in [0.717, 1.165) is 16.7 Å². The van der Waals surface area contributed by atoms with Crippen molar-refractivity contribution in [2.45, 2.75) is 26.2 Å². The van der Waals surface area contributed by atoms with Crippen LogP contribution in [0.25, 0.3) is 0 Å². The Morgan fingerprint density at radius 2 is 2.06 bits per heavy atom. The van der Waals surface area contributed by atoms with Crippen LogP contribution in [0.4, 0.5) is 0 Å². The summed E-state index contributed by atoms with van der Waals surface area (Å²) in [5.41, 5.74) is 2.89. The van der Waals surface area contributed by atoms with Crippen LogP contribution in [0.1, 0.15) is 23.1 Å². The second-order valence-corrected chi connectivity index (χ2v) is 3.91. The predicted octanol–water partition coefficient (Wildman–Crippen LogP) is 1.73. The van der Waals surface area contributed by atoms with Gasteiger partial charge >= 0.3 is 11.9 Å². The highest BCUT2D eigenvalue weighted by molar-refractivity contribution is 5.72. The van der Waals surface area contributed by atoms with Gasteiger partial charge < -0.3 is 9.84 Å². The minimum atomic E-state index is -0.803. The van der Waals surface area contributed by atoms with Gasteiger partial charge in [-0.1, -0.05) is 18.2 Å². The topological polar surface area (TPSA) is 63.6 Å². The minimum Gasteiger partial charge on any atom is -0.481 e. The Bertz CT molecular complexity index is 423. The number of hydrogen-bond acceptors (Lipinski definition) is 3. The lowest BCUT2D eigenvalue weighted by molar-refractivity contribution is -0.140. The molecule has 0 aliphatic heterocycles. The molecule has 1 rings (SSSR count). The number of benzene rings is 1. The molecule has 0 unspecified atom stereocenters. The Labute approximate surface area is 100 Å². The van der Waals surface area contributed by atoms with Crippen LogP contribution in [0.5, 0.6) is 0 Å². The molecule has 0 amide bonds. The smallest absolute Gasteiger partial charge is 0.309 e. The first kappa shape index (κ1) is 13.2. The fraction of sp³-hybridized carbons (Fsp3) is 0.385. The summed E-state index contributed by atoms with van der Waals surface area (Å²) >= 11 is 0. The van der Waals surface area contributed by atoms with E-state index in [2.05, 4.69) is 4.74 Å². The fourth-order valence-electron chi connectivity index (χ4n) is 1.63. The number of ether oxygens (including phenoxy) is 1. The number of carboxylic acids is 1. The zero-order valence-corrected chi connectivity index (χ0v) is 10.0. The Hall–Kier alpha value is -1.84. The zero-order chi connectivity index (χ0) is 12.8. The Balaban J connectivity index is 2.72. The average molecular weight is 236 g/mol. The summed E-state index contributed by atoms with van der Waals surface area (Å²) in [5, 5.41) is 8.61. The second-order valence-electron chi connectivity index (χ2n) is 3.91. The molecular weight excluding hydrogens is 220 g/mol. The lowest BCUT2D eigenvalue weighted by atomic mass is 10.00. The van der Waals surface area contributed by atoms with Crippen LogP contribution in [0.15, 0.2) is 18.2 Å². The molecule has 0 spiro atoms. The number of esters is 1. The molecule has 1 N–H and O–H groups in total. The monoisotopic (exact) mass is 236 g/mol. The number of carboxylic acid groups (broad SMARTS) is 1. The molecule has 0 aromatic heterocycles. The third kappa shape index (κ3) is 4.26. The normalized spacial score (nSPS) is 10.0. The maximum Gasteiger partial charge on any atom is 0.309 e. The SMILES string of the molecule is COC(=O)Cc1ccc(CCC(=O)O)c(C)c1. The quantitative estimate of drug-likeness (QED) is 0.791. The van der Waals surface area contributed by atoms with Crippen molar-refractivity contribution in [3.63, 3.8) is 0 Å². The highest BCUT2D eigenvalue weighted by Crippen LogP contribution is 2.14. The molecule has 0 fully saturated rings. The van der Waals surface area contributed by atoms with E-state index in [1.807, 2.05) is 25.1 Å². The number of aliphatic carboxylic acids is 1. The highest BCUT2D eigenvalue weighted by atomic mass is 16.5. The number of carbonyl (C=O) groups excluding carboxylic acids is 1. The van der Waals surface area contributed by atoms with Gasteiger partial charge in [-0.05, 0) is 30.0 Å². The lowest BCUT2D eigenvalue weighted by Crippen LogP contribution is -2.05. The molecule has 0 atom stereocenters. The highest BCUT2D eigenvalue weighted by Gasteiger charge is 2.06. The van der Waals surface area contributed by atoms with Gasteiger partial charge in [-0.25, -0.2) is 0 Å². The van der Waals surface area contributed by atoms with Crippen molar-refractivity contribution in [1.82, 2.24) is 0 Å². The third-order valence-corrected chi connectivity index (χ3v) is 2.59. The summed E-state index contributed by atoms with van der Waals surface area (Å²) in [6.07, 6.45) is 0.882. The van der Waals surface area contributed by atoms with E-state index < -0.39 is 5.97 Å². The molecule has 0 saturated heterocycles. The van der Waals surface area contributed by atoms with Gasteiger partial charge in [0.2, 0.25) is 0 Å². The van der Waals surface area contributed by atoms with Crippen molar-refractivity contribution in [3.05, 3.63) is 34.9 Å². The number of carbonyl (C=O) groups is 2. The van der Waals surface area contributed by atoms with Crippen molar-refractivity contribution in [2.75, 3.05) is 7.11 Å². The van der Waals surface area contributed by atoms with Crippen LogP contribution in [0, 0.1) is 6.92 Å². The molecule has 0 heterocycles. The summed E-state index contributed by atoms with van der Waals surface area (Å²) in [6.45, 7) is 1.91. The summed E-state index contributed by atoms with van der Waals surface area (Å²) in [6, 6.07) is 5.60. The van der Waals surface area contributed by atoms with Gasteiger partial charge in [0.05, 0.1) is 13.5 Å². The van der Waals surface area contributed by atoms with E-state index in [9.17, 15) is 9.59 Å². The van der Waals surface area contributed by atoms with Gasteiger partial charge in [0, 0.05) is 6.42 Å².